The first kappa shape index (κ1) is 17.8. The summed E-state index contributed by atoms with van der Waals surface area (Å²) in [6.07, 6.45) is 4.70. The molecule has 1 aliphatic heterocycles. The lowest BCUT2D eigenvalue weighted by atomic mass is 10.1. The number of carbonyl (C=O) groups excluding carboxylic acids is 1. The molecule has 0 aliphatic carbocycles. The Labute approximate surface area is 139 Å². The topological polar surface area (TPSA) is 64.6 Å². The van der Waals surface area contributed by atoms with Gasteiger partial charge in [0, 0.05) is 13.1 Å². The summed E-state index contributed by atoms with van der Waals surface area (Å²) >= 11 is 0. The second-order valence-electron chi connectivity index (χ2n) is 6.27. The summed E-state index contributed by atoms with van der Waals surface area (Å²) in [5.41, 5.74) is 2.41. The average Bonchev–Trinajstić information content (AvgIpc) is 2.60. The van der Waals surface area contributed by atoms with Gasteiger partial charge in [0.1, 0.15) is 0 Å². The van der Waals surface area contributed by atoms with Crippen LogP contribution in [0.2, 0.25) is 0 Å². The minimum atomic E-state index is -0.233. The van der Waals surface area contributed by atoms with Gasteiger partial charge in [-0.2, -0.15) is 0 Å². The van der Waals surface area contributed by atoms with Crippen molar-refractivity contribution in [2.75, 3.05) is 19.7 Å². The van der Waals surface area contributed by atoms with Gasteiger partial charge in [-0.25, -0.2) is 4.79 Å². The van der Waals surface area contributed by atoms with Crippen LogP contribution in [0, 0.1) is 0 Å². The summed E-state index contributed by atoms with van der Waals surface area (Å²) in [6, 6.07) is 8.02. The maximum atomic E-state index is 11.7. The number of hydrogen-bond donors (Lipinski definition) is 3. The Bertz CT molecular complexity index is 466. The molecule has 1 aromatic rings. The van der Waals surface area contributed by atoms with Crippen LogP contribution in [-0.4, -0.2) is 41.8 Å². The first-order valence-corrected chi connectivity index (χ1v) is 8.66. The zero-order valence-electron chi connectivity index (χ0n) is 14.1. The summed E-state index contributed by atoms with van der Waals surface area (Å²) in [4.78, 5) is 14.2. The summed E-state index contributed by atoms with van der Waals surface area (Å²) < 4.78 is 0. The van der Waals surface area contributed by atoms with Crippen molar-refractivity contribution in [1.82, 2.24) is 15.5 Å². The number of nitrogens with zero attached hydrogens (tertiary/aromatic N) is 1. The minimum absolute atomic E-state index is 0.0326. The molecule has 0 saturated carbocycles. The maximum absolute atomic E-state index is 11.7. The standard InChI is InChI=1S/C18H29N3O2/c1-2-17(14-22)20-18(23)19-12-15-6-8-16(9-7-15)13-21-10-4-3-5-11-21/h6-9,17,22H,2-5,10-14H2,1H3,(H2,19,20,23). The van der Waals surface area contributed by atoms with Gasteiger partial charge in [0.05, 0.1) is 12.6 Å². The molecule has 5 nitrogen and oxygen atoms in total. The molecule has 23 heavy (non-hydrogen) atoms. The van der Waals surface area contributed by atoms with E-state index in [1.165, 1.54) is 37.9 Å². The van der Waals surface area contributed by atoms with E-state index in [9.17, 15) is 4.79 Å². The fourth-order valence-electron chi connectivity index (χ4n) is 2.83. The number of amides is 2. The van der Waals surface area contributed by atoms with Gasteiger partial charge in [-0.15, -0.1) is 0 Å². The molecule has 5 heteroatoms. The maximum Gasteiger partial charge on any atom is 0.315 e. The Morgan fingerprint density at radius 1 is 1.17 bits per heavy atom. The predicted molar refractivity (Wildman–Crippen MR) is 92.1 cm³/mol. The molecule has 0 bridgehead atoms. The first-order chi connectivity index (χ1) is 11.2. The second-order valence-corrected chi connectivity index (χ2v) is 6.27. The van der Waals surface area contributed by atoms with Crippen LogP contribution < -0.4 is 10.6 Å². The highest BCUT2D eigenvalue weighted by molar-refractivity contribution is 5.74. The third-order valence-corrected chi connectivity index (χ3v) is 4.38. The Morgan fingerprint density at radius 2 is 1.83 bits per heavy atom. The van der Waals surface area contributed by atoms with Crippen molar-refractivity contribution >= 4 is 6.03 Å². The smallest absolute Gasteiger partial charge is 0.315 e. The molecular weight excluding hydrogens is 290 g/mol. The number of rotatable bonds is 7. The van der Waals surface area contributed by atoms with Gasteiger partial charge in [-0.1, -0.05) is 37.6 Å². The normalized spacial score (nSPS) is 16.8. The molecule has 0 radical (unpaired) electrons. The first-order valence-electron chi connectivity index (χ1n) is 8.66. The number of likely N-dealkylation sites (tertiary alicyclic amines) is 1. The number of benzene rings is 1. The molecule has 1 atom stereocenters. The highest BCUT2D eigenvalue weighted by Crippen LogP contribution is 2.13. The molecule has 1 saturated heterocycles. The lowest BCUT2D eigenvalue weighted by Gasteiger charge is -2.26. The van der Waals surface area contributed by atoms with E-state index in [0.717, 1.165) is 18.5 Å². The van der Waals surface area contributed by atoms with Crippen LogP contribution in [0.5, 0.6) is 0 Å². The fourth-order valence-corrected chi connectivity index (χ4v) is 2.83. The van der Waals surface area contributed by atoms with E-state index in [1.807, 2.05) is 6.92 Å². The molecule has 128 valence electrons. The average molecular weight is 319 g/mol. The summed E-state index contributed by atoms with van der Waals surface area (Å²) in [5, 5.41) is 14.7. The molecule has 0 aromatic heterocycles. The number of hydrogen-bond acceptors (Lipinski definition) is 3. The van der Waals surface area contributed by atoms with Crippen molar-refractivity contribution in [2.45, 2.75) is 51.7 Å². The van der Waals surface area contributed by atoms with Gasteiger partial charge >= 0.3 is 6.03 Å². The van der Waals surface area contributed by atoms with Crippen LogP contribution in [0.15, 0.2) is 24.3 Å². The lowest BCUT2D eigenvalue weighted by Crippen LogP contribution is -2.43. The Kier molecular flexibility index (Phi) is 7.36. The van der Waals surface area contributed by atoms with Gasteiger partial charge in [0.15, 0.2) is 0 Å². The highest BCUT2D eigenvalue weighted by Gasteiger charge is 2.11. The number of urea groups is 1. The van der Waals surface area contributed by atoms with Crippen LogP contribution in [-0.2, 0) is 13.1 Å². The van der Waals surface area contributed by atoms with Crippen LogP contribution in [0.4, 0.5) is 4.79 Å². The van der Waals surface area contributed by atoms with Crippen LogP contribution in [0.3, 0.4) is 0 Å². The van der Waals surface area contributed by atoms with Gasteiger partial charge in [-0.3, -0.25) is 4.90 Å². The molecule has 1 heterocycles. The van der Waals surface area contributed by atoms with E-state index in [0.29, 0.717) is 6.54 Å². The van der Waals surface area contributed by atoms with Gasteiger partial charge in [0.2, 0.25) is 0 Å². The molecular formula is C18H29N3O2. The number of carbonyl (C=O) groups is 1. The van der Waals surface area contributed by atoms with Crippen molar-refractivity contribution in [1.29, 1.82) is 0 Å². The zero-order valence-corrected chi connectivity index (χ0v) is 14.1. The quantitative estimate of drug-likeness (QED) is 0.722. The lowest BCUT2D eigenvalue weighted by molar-refractivity contribution is 0.214. The molecule has 1 unspecified atom stereocenters. The van der Waals surface area contributed by atoms with Gasteiger partial charge in [-0.05, 0) is 43.5 Å². The fraction of sp³-hybridized carbons (Fsp3) is 0.611. The Morgan fingerprint density at radius 3 is 2.43 bits per heavy atom. The van der Waals surface area contributed by atoms with Crippen molar-refractivity contribution in [3.8, 4) is 0 Å². The zero-order chi connectivity index (χ0) is 16.5. The molecule has 2 rings (SSSR count). The molecule has 2 amide bonds. The van der Waals surface area contributed by atoms with E-state index in [4.69, 9.17) is 5.11 Å². The van der Waals surface area contributed by atoms with Gasteiger partial charge in [0.25, 0.3) is 0 Å². The van der Waals surface area contributed by atoms with Crippen molar-refractivity contribution < 1.29 is 9.90 Å². The molecule has 1 aliphatic rings. The predicted octanol–water partition coefficient (Wildman–Crippen LogP) is 2.24. The number of piperidine rings is 1. The second kappa shape index (κ2) is 9.53. The van der Waals surface area contributed by atoms with E-state index in [1.54, 1.807) is 0 Å². The summed E-state index contributed by atoms with van der Waals surface area (Å²) in [7, 11) is 0. The monoisotopic (exact) mass is 319 g/mol. The van der Waals surface area contributed by atoms with E-state index in [-0.39, 0.29) is 18.7 Å². The number of aliphatic hydroxyl groups is 1. The van der Waals surface area contributed by atoms with Crippen molar-refractivity contribution in [2.24, 2.45) is 0 Å². The highest BCUT2D eigenvalue weighted by atomic mass is 16.3. The van der Waals surface area contributed by atoms with Crippen LogP contribution >= 0.6 is 0 Å². The Hall–Kier alpha value is -1.59. The molecule has 0 spiro atoms. The largest absolute Gasteiger partial charge is 0.394 e. The number of aliphatic hydroxyl groups excluding tert-OH is 1. The van der Waals surface area contributed by atoms with E-state index < -0.39 is 0 Å². The van der Waals surface area contributed by atoms with Crippen molar-refractivity contribution in [3.05, 3.63) is 35.4 Å². The van der Waals surface area contributed by atoms with Crippen LogP contribution in [0.25, 0.3) is 0 Å². The van der Waals surface area contributed by atoms with Crippen LogP contribution in [0.1, 0.15) is 43.7 Å². The Balaban J connectivity index is 1.75. The molecule has 1 aromatic carbocycles. The van der Waals surface area contributed by atoms with Gasteiger partial charge < -0.3 is 15.7 Å². The molecule has 3 N–H and O–H groups in total. The van der Waals surface area contributed by atoms with E-state index >= 15 is 0 Å². The molecule has 1 fully saturated rings. The van der Waals surface area contributed by atoms with E-state index in [2.05, 4.69) is 39.8 Å². The minimum Gasteiger partial charge on any atom is -0.394 e. The van der Waals surface area contributed by atoms with Crippen molar-refractivity contribution in [3.63, 3.8) is 0 Å². The SMILES string of the molecule is CCC(CO)NC(=O)NCc1ccc(CN2CCCCC2)cc1. The summed E-state index contributed by atoms with van der Waals surface area (Å²) in [6.45, 7) is 5.82. The third kappa shape index (κ3) is 6.20. The summed E-state index contributed by atoms with van der Waals surface area (Å²) in [5.74, 6) is 0. The third-order valence-electron chi connectivity index (χ3n) is 4.38. The number of nitrogens with one attached hydrogen (secondary N) is 2.